The number of nitrogens with one attached hydrogen (secondary N) is 1. The van der Waals surface area contributed by atoms with Crippen LogP contribution in [0.15, 0.2) is 15.7 Å². The minimum absolute atomic E-state index is 0. The summed E-state index contributed by atoms with van der Waals surface area (Å²) in [4.78, 5) is 27.9. The Hall–Kier alpha value is -2.10. The molecule has 2 fully saturated rings. The monoisotopic (exact) mass is 454 g/mol. The van der Waals surface area contributed by atoms with Gasteiger partial charge in [0.1, 0.15) is 15.9 Å². The summed E-state index contributed by atoms with van der Waals surface area (Å²) < 4.78 is 25.7. The second-order valence-corrected chi connectivity index (χ2v) is 8.93. The molecule has 0 unspecified atom stereocenters. The van der Waals surface area contributed by atoms with Crippen LogP contribution in [0.2, 0.25) is 0 Å². The summed E-state index contributed by atoms with van der Waals surface area (Å²) in [6, 6.07) is 1.47. The Morgan fingerprint density at radius 2 is 2.07 bits per heavy atom. The fraction of sp³-hybridized carbons (Fsp3) is 0.500. The van der Waals surface area contributed by atoms with Gasteiger partial charge in [0.15, 0.2) is 11.6 Å². The van der Waals surface area contributed by atoms with Gasteiger partial charge in [-0.25, -0.2) is 4.39 Å². The maximum absolute atomic E-state index is 15.3. The number of fused-ring (bicyclic) bond motifs is 2. The van der Waals surface area contributed by atoms with E-state index in [0.29, 0.717) is 34.9 Å². The first-order chi connectivity index (χ1) is 13.9. The lowest BCUT2D eigenvalue weighted by Gasteiger charge is -2.25. The molecule has 2 atom stereocenters. The number of H-pyrrole nitrogens is 1. The zero-order valence-corrected chi connectivity index (χ0v) is 18.4. The first-order valence-corrected chi connectivity index (χ1v) is 10.7. The summed E-state index contributed by atoms with van der Waals surface area (Å²) >= 11 is 1.15. The molecule has 1 aliphatic carbocycles. The molecular weight excluding hydrogens is 431 g/mol. The number of hydrogen-bond acceptors (Lipinski definition) is 6. The van der Waals surface area contributed by atoms with E-state index in [2.05, 4.69) is 4.37 Å². The summed E-state index contributed by atoms with van der Waals surface area (Å²) in [6.07, 6.45) is 2.78. The van der Waals surface area contributed by atoms with E-state index in [0.717, 1.165) is 30.8 Å². The minimum atomic E-state index is -0.509. The molecule has 3 N–H and O–H groups in total. The van der Waals surface area contributed by atoms with E-state index in [9.17, 15) is 9.59 Å². The largest absolute Gasteiger partial charge is 0.492 e. The summed E-state index contributed by atoms with van der Waals surface area (Å²) in [6.45, 7) is 3.29. The van der Waals surface area contributed by atoms with Crippen molar-refractivity contribution in [2.45, 2.75) is 38.3 Å². The molecule has 0 spiro atoms. The quantitative estimate of drug-likeness (QED) is 0.632. The molecule has 1 aliphatic heterocycles. The van der Waals surface area contributed by atoms with Crippen molar-refractivity contribution in [1.82, 2.24) is 8.94 Å². The number of methoxy groups -OCH3 is 1. The molecule has 2 aromatic heterocycles. The fourth-order valence-corrected chi connectivity index (χ4v) is 5.42. The molecule has 2 aliphatic rings. The lowest BCUT2D eigenvalue weighted by molar-refractivity contribution is 0.413. The Balaban J connectivity index is 0.00000218. The molecule has 0 radical (unpaired) electrons. The number of aromatic nitrogens is 2. The third kappa shape index (κ3) is 3.02. The van der Waals surface area contributed by atoms with Crippen LogP contribution in [0.3, 0.4) is 0 Å². The molecule has 10 heteroatoms. The third-order valence-electron chi connectivity index (χ3n) is 6.20. The van der Waals surface area contributed by atoms with E-state index < -0.39 is 16.8 Å². The lowest BCUT2D eigenvalue weighted by Crippen LogP contribution is -2.30. The standard InChI is InChI=1S/C20H23FN4O3S.ClH/c1-9(22)10-5-6-24(8-10)16-13(21)7-12-15(18(16)28-2)25(11-3-4-11)20-14(17(12)26)19(27)23-29-20;/h7,9-11H,3-6,8,22H2,1-2H3,(H,23,27);1H/t9-,10+;/m1./s1. The Morgan fingerprint density at radius 1 is 1.33 bits per heavy atom. The molecule has 7 nitrogen and oxygen atoms in total. The van der Waals surface area contributed by atoms with Gasteiger partial charge in [-0.15, -0.1) is 12.4 Å². The van der Waals surface area contributed by atoms with Crippen LogP contribution in [0.5, 0.6) is 5.75 Å². The van der Waals surface area contributed by atoms with Crippen LogP contribution in [0.1, 0.15) is 32.2 Å². The molecule has 1 aromatic carbocycles. The smallest absolute Gasteiger partial charge is 0.271 e. The van der Waals surface area contributed by atoms with E-state index in [1.54, 1.807) is 0 Å². The third-order valence-corrected chi connectivity index (χ3v) is 7.08. The van der Waals surface area contributed by atoms with Crippen molar-refractivity contribution >= 4 is 50.7 Å². The van der Waals surface area contributed by atoms with Crippen LogP contribution in [0, 0.1) is 11.7 Å². The van der Waals surface area contributed by atoms with Gasteiger partial charge in [-0.2, -0.15) is 0 Å². The van der Waals surface area contributed by atoms with Crippen LogP contribution in [-0.2, 0) is 0 Å². The van der Waals surface area contributed by atoms with Crippen LogP contribution >= 0.6 is 23.9 Å². The number of nitrogens with zero attached hydrogens (tertiary/aromatic N) is 2. The Labute approximate surface area is 182 Å². The first kappa shape index (κ1) is 21.1. The Kier molecular flexibility index (Phi) is 5.32. The van der Waals surface area contributed by atoms with Gasteiger partial charge in [0.25, 0.3) is 5.56 Å². The summed E-state index contributed by atoms with van der Waals surface area (Å²) in [5.74, 6) is 0.125. The summed E-state index contributed by atoms with van der Waals surface area (Å²) in [5.41, 5.74) is 6.14. The van der Waals surface area contributed by atoms with Gasteiger partial charge in [0.05, 0.1) is 18.0 Å². The van der Waals surface area contributed by atoms with Crippen LogP contribution in [-0.4, -0.2) is 35.2 Å². The van der Waals surface area contributed by atoms with Crippen molar-refractivity contribution in [1.29, 1.82) is 0 Å². The fourth-order valence-electron chi connectivity index (χ4n) is 4.51. The maximum atomic E-state index is 15.3. The first-order valence-electron chi connectivity index (χ1n) is 9.88. The van der Waals surface area contributed by atoms with Gasteiger partial charge >= 0.3 is 0 Å². The van der Waals surface area contributed by atoms with Gasteiger partial charge in [0.2, 0.25) is 5.43 Å². The van der Waals surface area contributed by atoms with Crippen molar-refractivity contribution < 1.29 is 9.13 Å². The number of halogens is 2. The zero-order valence-electron chi connectivity index (χ0n) is 16.7. The SMILES string of the molecule is COc1c(N2CC[C@H]([C@@H](C)N)C2)c(F)cc2c(=O)c3c(=O)[nH]sc3n(C3CC3)c12.Cl. The predicted octanol–water partition coefficient (Wildman–Crippen LogP) is 2.98. The molecular formula is C20H24ClFN4O3S. The number of nitrogens with two attached hydrogens (primary N) is 1. The molecule has 1 saturated heterocycles. The average Bonchev–Trinajstić information content (AvgIpc) is 3.26. The highest BCUT2D eigenvalue weighted by atomic mass is 35.5. The number of pyridine rings is 1. The van der Waals surface area contributed by atoms with Gasteiger partial charge in [-0.3, -0.25) is 14.0 Å². The lowest BCUT2D eigenvalue weighted by atomic mass is 10.0. The van der Waals surface area contributed by atoms with Crippen molar-refractivity contribution in [3.63, 3.8) is 0 Å². The highest BCUT2D eigenvalue weighted by molar-refractivity contribution is 7.12. The van der Waals surface area contributed by atoms with Gasteiger partial charge in [-0.1, -0.05) is 0 Å². The molecule has 30 heavy (non-hydrogen) atoms. The minimum Gasteiger partial charge on any atom is -0.492 e. The second-order valence-electron chi connectivity index (χ2n) is 8.13. The van der Waals surface area contributed by atoms with Gasteiger partial charge in [0, 0.05) is 25.2 Å². The molecule has 0 amide bonds. The molecule has 5 rings (SSSR count). The van der Waals surface area contributed by atoms with E-state index in [4.69, 9.17) is 10.5 Å². The Bertz CT molecular complexity index is 1250. The average molecular weight is 455 g/mol. The van der Waals surface area contributed by atoms with Crippen LogP contribution < -0.4 is 26.4 Å². The molecule has 1 saturated carbocycles. The zero-order chi connectivity index (χ0) is 20.4. The van der Waals surface area contributed by atoms with E-state index in [-0.39, 0.29) is 41.2 Å². The number of anilines is 1. The second kappa shape index (κ2) is 7.55. The molecule has 3 heterocycles. The van der Waals surface area contributed by atoms with E-state index in [1.165, 1.54) is 13.2 Å². The summed E-state index contributed by atoms with van der Waals surface area (Å²) in [7, 11) is 1.50. The molecule has 162 valence electrons. The number of benzene rings is 1. The topological polar surface area (TPSA) is 93.3 Å². The van der Waals surface area contributed by atoms with E-state index in [1.807, 2.05) is 16.4 Å². The molecule has 0 bridgehead atoms. The number of rotatable bonds is 4. The highest BCUT2D eigenvalue weighted by Gasteiger charge is 2.34. The predicted molar refractivity (Wildman–Crippen MR) is 120 cm³/mol. The summed E-state index contributed by atoms with van der Waals surface area (Å²) in [5, 5.41) is 0.288. The number of aromatic amines is 1. The Morgan fingerprint density at radius 3 is 2.67 bits per heavy atom. The van der Waals surface area contributed by atoms with Gasteiger partial charge in [-0.05, 0) is 49.7 Å². The van der Waals surface area contributed by atoms with Crippen LogP contribution in [0.4, 0.5) is 10.1 Å². The van der Waals surface area contributed by atoms with Crippen molar-refractivity contribution in [2.24, 2.45) is 11.7 Å². The number of ether oxygens (including phenoxy) is 1. The van der Waals surface area contributed by atoms with Crippen molar-refractivity contribution in [2.75, 3.05) is 25.1 Å². The number of hydrogen-bond donors (Lipinski definition) is 2. The van der Waals surface area contributed by atoms with Crippen molar-refractivity contribution in [3.05, 3.63) is 32.5 Å². The van der Waals surface area contributed by atoms with Crippen LogP contribution in [0.25, 0.3) is 21.1 Å². The molecule has 3 aromatic rings. The highest BCUT2D eigenvalue weighted by Crippen LogP contribution is 2.46. The normalized spacial score (nSPS) is 20.0. The van der Waals surface area contributed by atoms with E-state index >= 15 is 4.39 Å². The van der Waals surface area contributed by atoms with Crippen molar-refractivity contribution in [3.8, 4) is 5.75 Å². The van der Waals surface area contributed by atoms with Gasteiger partial charge < -0.3 is 19.9 Å². The maximum Gasteiger partial charge on any atom is 0.271 e.